The Labute approximate surface area is 278 Å². The Kier molecular flexibility index (Phi) is 7.59. The van der Waals surface area contributed by atoms with Crippen molar-refractivity contribution in [2.75, 3.05) is 0 Å². The Morgan fingerprint density at radius 1 is 0.717 bits per heavy atom. The number of phenolic OH excluding ortho intramolecular Hbond substituents is 2. The normalized spacial score (nSPS) is 11.5. The summed E-state index contributed by atoms with van der Waals surface area (Å²) < 4.78 is 3.66. The predicted molar refractivity (Wildman–Crippen MR) is 183 cm³/mol. The minimum absolute atomic E-state index is 0.125. The van der Waals surface area contributed by atoms with E-state index in [0.29, 0.717) is 44.2 Å². The van der Waals surface area contributed by atoms with E-state index in [1.807, 2.05) is 61.0 Å². The molecule has 7 rings (SSSR count). The summed E-state index contributed by atoms with van der Waals surface area (Å²) in [5.74, 6) is -0.458. The molecule has 0 radical (unpaired) electrons. The molecule has 13 heteroatoms. The van der Waals surface area contributed by atoms with Gasteiger partial charge in [0.15, 0.2) is 0 Å². The fourth-order valence-electron chi connectivity index (χ4n) is 5.53. The van der Waals surface area contributed by atoms with E-state index in [9.17, 15) is 19.8 Å². The zero-order chi connectivity index (χ0) is 32.1. The van der Waals surface area contributed by atoms with Crippen molar-refractivity contribution in [1.29, 1.82) is 0 Å². The third kappa shape index (κ3) is 5.31. The van der Waals surface area contributed by atoms with Crippen LogP contribution in [0.2, 0.25) is 0 Å². The second-order valence-corrected chi connectivity index (χ2v) is 13.3. The summed E-state index contributed by atoms with van der Waals surface area (Å²) in [6.45, 7) is 3.62. The van der Waals surface area contributed by atoms with Crippen molar-refractivity contribution in [1.82, 2.24) is 29.5 Å². The van der Waals surface area contributed by atoms with E-state index in [2.05, 4.69) is 36.1 Å². The fourth-order valence-corrected chi connectivity index (χ4v) is 7.38. The number of aryl methyl sites for hydroxylation is 2. The zero-order valence-electron chi connectivity index (χ0n) is 24.4. The molecule has 0 unspecified atom stereocenters. The average Bonchev–Trinajstić information content (AvgIpc) is 3.83. The number of halogens is 1. The first-order chi connectivity index (χ1) is 22.2. The third-order valence-corrected chi connectivity index (χ3v) is 9.85. The number of aromatic amines is 2. The lowest BCUT2D eigenvalue weighted by atomic mass is 9.85. The van der Waals surface area contributed by atoms with Crippen molar-refractivity contribution in [3.05, 3.63) is 137 Å². The predicted octanol–water partition coefficient (Wildman–Crippen LogP) is 6.86. The maximum atomic E-state index is 14.2. The molecule has 4 heterocycles. The second-order valence-electron chi connectivity index (χ2n) is 10.7. The number of nitrogens with one attached hydrogen (secondary N) is 2. The monoisotopic (exact) mass is 712 g/mol. The van der Waals surface area contributed by atoms with Gasteiger partial charge in [0.2, 0.25) is 10.3 Å². The number of aromatic nitrogens is 6. The summed E-state index contributed by atoms with van der Waals surface area (Å²) in [4.78, 5) is 37.8. The molecule has 0 bridgehead atoms. The summed E-state index contributed by atoms with van der Waals surface area (Å²) in [5.41, 5.74) is 4.85. The van der Waals surface area contributed by atoms with E-state index in [-0.39, 0.29) is 22.6 Å². The lowest BCUT2D eigenvalue weighted by Gasteiger charge is -2.16. The number of rotatable bonds is 7. The lowest BCUT2D eigenvalue weighted by Crippen LogP contribution is -2.25. The van der Waals surface area contributed by atoms with Gasteiger partial charge in [-0.2, -0.15) is 9.36 Å². The van der Waals surface area contributed by atoms with Crippen molar-refractivity contribution < 1.29 is 10.2 Å². The highest BCUT2D eigenvalue weighted by molar-refractivity contribution is 9.10. The molecule has 0 fully saturated rings. The van der Waals surface area contributed by atoms with Crippen LogP contribution < -0.4 is 11.1 Å². The van der Waals surface area contributed by atoms with Crippen LogP contribution in [0.5, 0.6) is 11.5 Å². The van der Waals surface area contributed by atoms with Gasteiger partial charge in [-0.3, -0.25) is 19.8 Å². The molecular formula is C33H25BrN6O4S2. The highest BCUT2D eigenvalue weighted by Gasteiger charge is 2.31. The maximum Gasteiger partial charge on any atom is 0.277 e. The minimum Gasteiger partial charge on any atom is -0.508 e. The van der Waals surface area contributed by atoms with Crippen LogP contribution in [0.25, 0.3) is 32.8 Å². The Morgan fingerprint density at radius 2 is 1.17 bits per heavy atom. The number of nitrogens with zero attached hydrogens (tertiary/aromatic N) is 4. The molecule has 0 aliphatic carbocycles. The van der Waals surface area contributed by atoms with Crippen molar-refractivity contribution >= 4 is 38.6 Å². The average molecular weight is 714 g/mol. The second kappa shape index (κ2) is 11.7. The largest absolute Gasteiger partial charge is 0.508 e. The van der Waals surface area contributed by atoms with Crippen LogP contribution in [0.3, 0.4) is 0 Å². The van der Waals surface area contributed by atoms with Crippen LogP contribution in [0.1, 0.15) is 34.0 Å². The highest BCUT2D eigenvalue weighted by atomic mass is 79.9. The van der Waals surface area contributed by atoms with Gasteiger partial charge in [0, 0.05) is 43.7 Å². The first-order valence-electron chi connectivity index (χ1n) is 14.1. The van der Waals surface area contributed by atoms with Crippen molar-refractivity contribution in [2.45, 2.75) is 19.8 Å². The molecule has 0 saturated heterocycles. The molecule has 46 heavy (non-hydrogen) atoms. The standard InChI is InChI=1S/C33H25BrN6O4S2/c1-17-27(30(43)39(37-17)32-35-25(15-45-32)20-5-3-7-23(41)13-20)29(19-9-11-22(34)12-10-19)28-18(2)38-40(31(28)44)33-36-26(16-46-33)21-6-4-8-24(42)14-21/h3-16,29,37-38,41-42H,1-2H3. The van der Waals surface area contributed by atoms with Gasteiger partial charge in [-0.25, -0.2) is 9.97 Å². The molecule has 4 N–H and O–H groups in total. The minimum atomic E-state index is -0.709. The Bertz CT molecular complexity index is 2200. The molecule has 0 aliphatic rings. The number of benzene rings is 3. The van der Waals surface area contributed by atoms with E-state index in [1.165, 1.54) is 32.0 Å². The van der Waals surface area contributed by atoms with Crippen LogP contribution in [0.4, 0.5) is 0 Å². The summed E-state index contributed by atoms with van der Waals surface area (Å²) >= 11 is 6.08. The third-order valence-electron chi connectivity index (χ3n) is 7.67. The number of aromatic hydroxyl groups is 2. The first-order valence-corrected chi connectivity index (χ1v) is 16.6. The zero-order valence-corrected chi connectivity index (χ0v) is 27.6. The van der Waals surface area contributed by atoms with E-state index in [0.717, 1.165) is 21.2 Å². The first kappa shape index (κ1) is 29.7. The van der Waals surface area contributed by atoms with Crippen LogP contribution in [-0.4, -0.2) is 39.7 Å². The van der Waals surface area contributed by atoms with Gasteiger partial charge in [-0.05, 0) is 55.8 Å². The summed E-state index contributed by atoms with van der Waals surface area (Å²) in [7, 11) is 0. The Hall–Kier alpha value is -4.98. The van der Waals surface area contributed by atoms with Crippen LogP contribution >= 0.6 is 38.6 Å². The van der Waals surface area contributed by atoms with Gasteiger partial charge in [-0.1, -0.05) is 52.3 Å². The molecule has 0 spiro atoms. The molecule has 0 aliphatic heterocycles. The van der Waals surface area contributed by atoms with Gasteiger partial charge in [0.25, 0.3) is 11.1 Å². The molecule has 3 aromatic carbocycles. The molecule has 4 aromatic heterocycles. The number of thiazole rings is 2. The summed E-state index contributed by atoms with van der Waals surface area (Å²) in [6.07, 6.45) is 0. The summed E-state index contributed by atoms with van der Waals surface area (Å²) in [6, 6.07) is 21.1. The van der Waals surface area contributed by atoms with Gasteiger partial charge in [0.05, 0.1) is 22.5 Å². The number of hydrogen-bond acceptors (Lipinski definition) is 8. The fraction of sp³-hybridized carbons (Fsp3) is 0.0909. The molecule has 230 valence electrons. The number of hydrogen-bond donors (Lipinski definition) is 4. The molecule has 0 saturated carbocycles. The molecule has 0 atom stereocenters. The van der Waals surface area contributed by atoms with Gasteiger partial charge < -0.3 is 10.2 Å². The molecule has 10 nitrogen and oxygen atoms in total. The van der Waals surface area contributed by atoms with E-state index in [1.54, 1.807) is 36.4 Å². The Morgan fingerprint density at radius 3 is 1.61 bits per heavy atom. The number of H-pyrrole nitrogens is 2. The van der Waals surface area contributed by atoms with Gasteiger partial charge in [0.1, 0.15) is 11.5 Å². The molecule has 0 amide bonds. The quantitative estimate of drug-likeness (QED) is 0.142. The van der Waals surface area contributed by atoms with Crippen LogP contribution in [-0.2, 0) is 0 Å². The molecule has 7 aromatic rings. The van der Waals surface area contributed by atoms with Crippen molar-refractivity contribution in [3.8, 4) is 44.3 Å². The van der Waals surface area contributed by atoms with Gasteiger partial charge >= 0.3 is 0 Å². The smallest absolute Gasteiger partial charge is 0.277 e. The maximum absolute atomic E-state index is 14.2. The van der Waals surface area contributed by atoms with Gasteiger partial charge in [-0.15, -0.1) is 22.7 Å². The summed E-state index contributed by atoms with van der Waals surface area (Å²) in [5, 5.41) is 30.7. The topological polar surface area (TPSA) is 142 Å². The van der Waals surface area contributed by atoms with E-state index in [4.69, 9.17) is 0 Å². The van der Waals surface area contributed by atoms with E-state index < -0.39 is 5.92 Å². The van der Waals surface area contributed by atoms with E-state index >= 15 is 0 Å². The molecular weight excluding hydrogens is 688 g/mol. The van der Waals surface area contributed by atoms with Crippen LogP contribution in [0, 0.1) is 13.8 Å². The highest BCUT2D eigenvalue weighted by Crippen LogP contribution is 2.34. The van der Waals surface area contributed by atoms with Crippen LogP contribution in [0.15, 0.2) is 97.6 Å². The van der Waals surface area contributed by atoms with Crippen molar-refractivity contribution in [3.63, 3.8) is 0 Å². The van der Waals surface area contributed by atoms with Crippen molar-refractivity contribution in [2.24, 2.45) is 0 Å². The Balaban J connectivity index is 1.35. The SMILES string of the molecule is Cc1[nH]n(-c2nc(-c3cccc(O)c3)cs2)c(=O)c1C(c1ccc(Br)cc1)c1c(C)[nH]n(-c2nc(-c3cccc(O)c3)cs2)c1=O. The lowest BCUT2D eigenvalue weighted by molar-refractivity contribution is 0.475. The number of phenols is 2.